The molecule has 29 heavy (non-hydrogen) atoms. The predicted octanol–water partition coefficient (Wildman–Crippen LogP) is 2.40. The number of nitrogens with one attached hydrogen (secondary N) is 3. The average Bonchev–Trinajstić information content (AvgIpc) is 3.23. The van der Waals surface area contributed by atoms with E-state index in [9.17, 15) is 9.59 Å². The SMILES string of the molecule is C[NH+](C)CCCNC(=O)c1ccc(NC(=O)C2(c3ccccc3)CCCC2)cc1. The fourth-order valence-corrected chi connectivity index (χ4v) is 4.08. The maximum absolute atomic E-state index is 13.2. The molecule has 2 amide bonds. The van der Waals surface area contributed by atoms with Crippen molar-refractivity contribution in [2.24, 2.45) is 0 Å². The van der Waals surface area contributed by atoms with Gasteiger partial charge in [0.2, 0.25) is 5.91 Å². The minimum absolute atomic E-state index is 0.0459. The highest BCUT2D eigenvalue weighted by atomic mass is 16.2. The van der Waals surface area contributed by atoms with Crippen LogP contribution in [0, 0.1) is 0 Å². The number of amides is 2. The van der Waals surface area contributed by atoms with Crippen LogP contribution in [-0.4, -0.2) is 39.0 Å². The number of hydrogen-bond acceptors (Lipinski definition) is 2. The maximum Gasteiger partial charge on any atom is 0.251 e. The van der Waals surface area contributed by atoms with E-state index in [1.54, 1.807) is 12.1 Å². The molecule has 0 aliphatic heterocycles. The topological polar surface area (TPSA) is 62.6 Å². The van der Waals surface area contributed by atoms with Crippen molar-refractivity contribution in [2.75, 3.05) is 32.5 Å². The Morgan fingerprint density at radius 3 is 2.24 bits per heavy atom. The zero-order valence-electron chi connectivity index (χ0n) is 17.5. The van der Waals surface area contributed by atoms with Gasteiger partial charge in [-0.05, 0) is 42.7 Å². The van der Waals surface area contributed by atoms with Crippen molar-refractivity contribution in [3.8, 4) is 0 Å². The zero-order chi connectivity index (χ0) is 20.7. The van der Waals surface area contributed by atoms with Crippen molar-refractivity contribution in [3.63, 3.8) is 0 Å². The summed E-state index contributed by atoms with van der Waals surface area (Å²) in [6, 6.07) is 17.2. The lowest BCUT2D eigenvalue weighted by Gasteiger charge is -2.28. The molecule has 0 bridgehead atoms. The van der Waals surface area contributed by atoms with Crippen LogP contribution in [0.3, 0.4) is 0 Å². The molecule has 1 aliphatic rings. The molecule has 0 aromatic heterocycles. The number of carbonyl (C=O) groups excluding carboxylic acids is 2. The van der Waals surface area contributed by atoms with Crippen molar-refractivity contribution in [3.05, 3.63) is 65.7 Å². The molecular weight excluding hydrogens is 362 g/mol. The molecule has 2 aromatic carbocycles. The van der Waals surface area contributed by atoms with Gasteiger partial charge >= 0.3 is 0 Å². The van der Waals surface area contributed by atoms with Gasteiger partial charge in [-0.1, -0.05) is 43.2 Å². The third-order valence-electron chi connectivity index (χ3n) is 5.76. The van der Waals surface area contributed by atoms with Gasteiger partial charge < -0.3 is 15.5 Å². The molecule has 2 aromatic rings. The fourth-order valence-electron chi connectivity index (χ4n) is 4.08. The molecule has 0 saturated heterocycles. The highest BCUT2D eigenvalue weighted by Gasteiger charge is 2.42. The van der Waals surface area contributed by atoms with Gasteiger partial charge in [-0.3, -0.25) is 9.59 Å². The number of hydrogen-bond donors (Lipinski definition) is 3. The first-order valence-corrected chi connectivity index (χ1v) is 10.6. The standard InChI is InChI=1S/C24H31N3O2/c1-27(2)18-8-17-25-22(28)19-11-13-21(14-12-19)26-23(29)24(15-6-7-16-24)20-9-4-3-5-10-20/h3-5,9-14H,6-8,15-18H2,1-2H3,(H,25,28)(H,26,29)/p+1. The van der Waals surface area contributed by atoms with Crippen molar-refractivity contribution in [1.29, 1.82) is 0 Å². The lowest BCUT2D eigenvalue weighted by atomic mass is 9.78. The summed E-state index contributed by atoms with van der Waals surface area (Å²) in [4.78, 5) is 26.8. The van der Waals surface area contributed by atoms with Gasteiger partial charge in [0, 0.05) is 24.2 Å². The first-order valence-electron chi connectivity index (χ1n) is 10.6. The first kappa shape index (κ1) is 21.1. The molecule has 0 unspecified atom stereocenters. The fraction of sp³-hybridized carbons (Fsp3) is 0.417. The second-order valence-corrected chi connectivity index (χ2v) is 8.25. The van der Waals surface area contributed by atoms with E-state index in [0.29, 0.717) is 12.1 Å². The number of benzene rings is 2. The van der Waals surface area contributed by atoms with E-state index < -0.39 is 5.41 Å². The molecule has 1 fully saturated rings. The average molecular weight is 395 g/mol. The van der Waals surface area contributed by atoms with E-state index >= 15 is 0 Å². The van der Waals surface area contributed by atoms with Crippen molar-refractivity contribution >= 4 is 17.5 Å². The summed E-state index contributed by atoms with van der Waals surface area (Å²) < 4.78 is 0. The van der Waals surface area contributed by atoms with Gasteiger partial charge in [0.05, 0.1) is 26.1 Å². The first-order chi connectivity index (χ1) is 14.0. The molecule has 0 spiro atoms. The summed E-state index contributed by atoms with van der Waals surface area (Å²) in [6.07, 6.45) is 4.83. The van der Waals surface area contributed by atoms with E-state index in [1.807, 2.05) is 30.3 Å². The zero-order valence-corrected chi connectivity index (χ0v) is 17.5. The van der Waals surface area contributed by atoms with Crippen LogP contribution in [-0.2, 0) is 10.2 Å². The van der Waals surface area contributed by atoms with Gasteiger partial charge in [-0.2, -0.15) is 0 Å². The van der Waals surface area contributed by atoms with Crippen molar-refractivity contribution < 1.29 is 14.5 Å². The van der Waals surface area contributed by atoms with E-state index in [0.717, 1.165) is 49.9 Å². The Balaban J connectivity index is 1.61. The van der Waals surface area contributed by atoms with Gasteiger partial charge in [0.15, 0.2) is 0 Å². The van der Waals surface area contributed by atoms with Crippen LogP contribution < -0.4 is 15.5 Å². The molecular formula is C24H32N3O2+. The van der Waals surface area contributed by atoms with Crippen LogP contribution in [0.5, 0.6) is 0 Å². The molecule has 3 rings (SSSR count). The number of rotatable bonds is 8. The third-order valence-corrected chi connectivity index (χ3v) is 5.76. The highest BCUT2D eigenvalue weighted by molar-refractivity contribution is 6.00. The summed E-state index contributed by atoms with van der Waals surface area (Å²) in [5.41, 5.74) is 1.97. The number of carbonyl (C=O) groups is 2. The lowest BCUT2D eigenvalue weighted by Crippen LogP contribution is -3.05. The van der Waals surface area contributed by atoms with Crippen LogP contribution >= 0.6 is 0 Å². The van der Waals surface area contributed by atoms with Crippen molar-refractivity contribution in [2.45, 2.75) is 37.5 Å². The van der Waals surface area contributed by atoms with Crippen LogP contribution in [0.1, 0.15) is 48.0 Å². The van der Waals surface area contributed by atoms with E-state index in [4.69, 9.17) is 0 Å². The number of anilines is 1. The van der Waals surface area contributed by atoms with Gasteiger partial charge in [0.25, 0.3) is 5.91 Å². The molecule has 0 heterocycles. The van der Waals surface area contributed by atoms with E-state index in [2.05, 4.69) is 36.9 Å². The quantitative estimate of drug-likeness (QED) is 0.602. The summed E-state index contributed by atoms with van der Waals surface area (Å²) in [5, 5.41) is 6.03. The second-order valence-electron chi connectivity index (χ2n) is 8.25. The third kappa shape index (κ3) is 5.24. The lowest BCUT2D eigenvalue weighted by molar-refractivity contribution is -0.858. The largest absolute Gasteiger partial charge is 0.352 e. The molecule has 154 valence electrons. The Kier molecular flexibility index (Phi) is 7.04. The van der Waals surface area contributed by atoms with Gasteiger partial charge in [-0.15, -0.1) is 0 Å². The van der Waals surface area contributed by atoms with E-state index in [-0.39, 0.29) is 11.8 Å². The normalized spacial score (nSPS) is 15.3. The molecule has 0 radical (unpaired) electrons. The van der Waals surface area contributed by atoms with Crippen LogP contribution in [0.25, 0.3) is 0 Å². The molecule has 5 nitrogen and oxygen atoms in total. The van der Waals surface area contributed by atoms with Crippen LogP contribution in [0.15, 0.2) is 54.6 Å². The van der Waals surface area contributed by atoms with Crippen LogP contribution in [0.4, 0.5) is 5.69 Å². The summed E-state index contributed by atoms with van der Waals surface area (Å²) in [6.45, 7) is 1.69. The molecule has 5 heteroatoms. The Hall–Kier alpha value is -2.66. The Labute approximate surface area is 173 Å². The summed E-state index contributed by atoms with van der Waals surface area (Å²) in [5.74, 6) is -0.0298. The number of quaternary nitrogens is 1. The van der Waals surface area contributed by atoms with Crippen molar-refractivity contribution in [1.82, 2.24) is 5.32 Å². The Morgan fingerprint density at radius 2 is 1.62 bits per heavy atom. The molecule has 0 atom stereocenters. The predicted molar refractivity (Wildman–Crippen MR) is 116 cm³/mol. The maximum atomic E-state index is 13.2. The summed E-state index contributed by atoms with van der Waals surface area (Å²) >= 11 is 0. The monoisotopic (exact) mass is 394 g/mol. The minimum atomic E-state index is -0.453. The van der Waals surface area contributed by atoms with Gasteiger partial charge in [-0.25, -0.2) is 0 Å². The van der Waals surface area contributed by atoms with E-state index in [1.165, 1.54) is 4.90 Å². The molecule has 1 aliphatic carbocycles. The van der Waals surface area contributed by atoms with Crippen LogP contribution in [0.2, 0.25) is 0 Å². The minimum Gasteiger partial charge on any atom is -0.352 e. The summed E-state index contributed by atoms with van der Waals surface area (Å²) in [7, 11) is 4.20. The molecule has 3 N–H and O–H groups in total. The highest BCUT2D eigenvalue weighted by Crippen LogP contribution is 2.42. The van der Waals surface area contributed by atoms with Gasteiger partial charge in [0.1, 0.15) is 0 Å². The second kappa shape index (κ2) is 9.70. The Morgan fingerprint density at radius 1 is 0.966 bits per heavy atom. The molecule has 1 saturated carbocycles. The smallest absolute Gasteiger partial charge is 0.251 e. The Bertz CT molecular complexity index is 810.